The summed E-state index contributed by atoms with van der Waals surface area (Å²) in [7, 11) is 0. The number of furan rings is 1. The number of pyridine rings is 1. The fraction of sp³-hybridized carbons (Fsp3) is 0.174. The number of aromatic nitrogens is 1. The first-order valence-electron chi connectivity index (χ1n) is 9.88. The molecule has 3 heterocycles. The zero-order valence-corrected chi connectivity index (χ0v) is 18.9. The van der Waals surface area contributed by atoms with Gasteiger partial charge in [-0.3, -0.25) is 14.6 Å². The molecule has 1 N–H and O–H groups in total. The van der Waals surface area contributed by atoms with Crippen LogP contribution in [0.4, 0.5) is 5.69 Å². The number of carbonyl (C=O) groups excluding carboxylic acids is 2. The third-order valence-corrected chi connectivity index (χ3v) is 5.55. The first kappa shape index (κ1) is 21.1. The van der Waals surface area contributed by atoms with Crippen molar-refractivity contribution in [2.75, 3.05) is 31.1 Å². The largest absolute Gasteiger partial charge is 0.451 e. The molecule has 31 heavy (non-hydrogen) atoms. The molecular weight excluding hydrogens is 507 g/mol. The maximum Gasteiger partial charge on any atom is 0.270 e. The minimum absolute atomic E-state index is 0.189. The topological polar surface area (TPSA) is 78.7 Å². The van der Waals surface area contributed by atoms with Gasteiger partial charge in [0.1, 0.15) is 11.5 Å². The van der Waals surface area contributed by atoms with Gasteiger partial charge in [-0.2, -0.15) is 0 Å². The second kappa shape index (κ2) is 9.78. The van der Waals surface area contributed by atoms with Gasteiger partial charge in [0, 0.05) is 44.0 Å². The number of piperazine rings is 1. The molecule has 8 heteroatoms. The zero-order chi connectivity index (χ0) is 21.6. The summed E-state index contributed by atoms with van der Waals surface area (Å²) in [5.41, 5.74) is 1.71. The van der Waals surface area contributed by atoms with Gasteiger partial charge in [0.15, 0.2) is 3.77 Å². The van der Waals surface area contributed by atoms with Crippen LogP contribution in [0.5, 0.6) is 0 Å². The summed E-state index contributed by atoms with van der Waals surface area (Å²) in [6, 6.07) is 16.3. The lowest BCUT2D eigenvalue weighted by Crippen LogP contribution is -2.50. The lowest BCUT2D eigenvalue weighted by Gasteiger charge is -2.36. The Labute approximate surface area is 193 Å². The molecule has 3 aromatic rings. The van der Waals surface area contributed by atoms with Gasteiger partial charge in [0.2, 0.25) is 0 Å². The van der Waals surface area contributed by atoms with E-state index in [4.69, 9.17) is 4.42 Å². The van der Waals surface area contributed by atoms with Crippen LogP contribution in [0.1, 0.15) is 16.1 Å². The van der Waals surface area contributed by atoms with Crippen LogP contribution >= 0.6 is 22.6 Å². The molecule has 1 aromatic carbocycles. The lowest BCUT2D eigenvalue weighted by atomic mass is 10.2. The SMILES string of the molecule is O=C(N/C(=C\c1ccc(I)o1)C(=O)N1CCN(c2cccnc2)CC1)c1ccccc1. The van der Waals surface area contributed by atoms with E-state index in [1.807, 2.05) is 24.4 Å². The van der Waals surface area contributed by atoms with E-state index in [1.165, 1.54) is 0 Å². The molecular formula is C23H21IN4O3. The summed E-state index contributed by atoms with van der Waals surface area (Å²) in [4.78, 5) is 34.1. The summed E-state index contributed by atoms with van der Waals surface area (Å²) < 4.78 is 6.29. The molecule has 1 aliphatic rings. The Morgan fingerprint density at radius 2 is 1.77 bits per heavy atom. The van der Waals surface area contributed by atoms with Gasteiger partial charge in [-0.25, -0.2) is 0 Å². The fourth-order valence-electron chi connectivity index (χ4n) is 3.36. The Kier molecular flexibility index (Phi) is 6.66. The first-order valence-corrected chi connectivity index (χ1v) is 11.0. The van der Waals surface area contributed by atoms with Crippen molar-refractivity contribution in [3.05, 3.63) is 87.8 Å². The third kappa shape index (κ3) is 5.32. The Morgan fingerprint density at radius 3 is 2.42 bits per heavy atom. The smallest absolute Gasteiger partial charge is 0.270 e. The summed E-state index contributed by atoms with van der Waals surface area (Å²) in [6.45, 7) is 2.47. The lowest BCUT2D eigenvalue weighted by molar-refractivity contribution is -0.127. The average molecular weight is 528 g/mol. The van der Waals surface area contributed by atoms with Crippen LogP contribution in [0.2, 0.25) is 0 Å². The average Bonchev–Trinajstić information content (AvgIpc) is 3.24. The Bertz CT molecular complexity index is 1070. The predicted molar refractivity (Wildman–Crippen MR) is 126 cm³/mol. The van der Waals surface area contributed by atoms with Crippen LogP contribution in [0, 0.1) is 3.77 Å². The van der Waals surface area contributed by atoms with E-state index in [0.29, 0.717) is 41.3 Å². The molecule has 1 aliphatic heterocycles. The minimum atomic E-state index is -0.338. The summed E-state index contributed by atoms with van der Waals surface area (Å²) in [6.07, 6.45) is 5.14. The highest BCUT2D eigenvalue weighted by molar-refractivity contribution is 14.1. The van der Waals surface area contributed by atoms with Crippen LogP contribution in [-0.4, -0.2) is 47.9 Å². The van der Waals surface area contributed by atoms with Crippen molar-refractivity contribution < 1.29 is 14.0 Å². The molecule has 158 valence electrons. The molecule has 0 aliphatic carbocycles. The van der Waals surface area contributed by atoms with Gasteiger partial charge in [0.05, 0.1) is 11.9 Å². The molecule has 4 rings (SSSR count). The third-order valence-electron chi connectivity index (χ3n) is 4.97. The number of halogens is 1. The van der Waals surface area contributed by atoms with E-state index < -0.39 is 0 Å². The Balaban J connectivity index is 1.50. The van der Waals surface area contributed by atoms with Crippen molar-refractivity contribution in [3.63, 3.8) is 0 Å². The molecule has 0 radical (unpaired) electrons. The normalized spacial score (nSPS) is 14.4. The number of nitrogens with one attached hydrogen (secondary N) is 1. The molecule has 0 bridgehead atoms. The first-order chi connectivity index (χ1) is 15.1. The predicted octanol–water partition coefficient (Wildman–Crippen LogP) is 3.40. The van der Waals surface area contributed by atoms with Crippen LogP contribution in [-0.2, 0) is 4.79 Å². The molecule has 1 saturated heterocycles. The number of carbonyl (C=O) groups is 2. The van der Waals surface area contributed by atoms with E-state index >= 15 is 0 Å². The Hall–Kier alpha value is -3.14. The summed E-state index contributed by atoms with van der Waals surface area (Å²) in [5.74, 6) is -0.0629. The second-order valence-electron chi connectivity index (χ2n) is 7.01. The molecule has 0 saturated carbocycles. The molecule has 1 fully saturated rings. The highest BCUT2D eigenvalue weighted by Crippen LogP contribution is 2.18. The highest BCUT2D eigenvalue weighted by atomic mass is 127. The molecule has 2 aromatic heterocycles. The molecule has 0 spiro atoms. The van der Waals surface area contributed by atoms with Crippen molar-refractivity contribution >= 4 is 46.2 Å². The number of amides is 2. The van der Waals surface area contributed by atoms with Crippen molar-refractivity contribution in [3.8, 4) is 0 Å². The fourth-order valence-corrected chi connectivity index (χ4v) is 3.80. The van der Waals surface area contributed by atoms with Crippen LogP contribution < -0.4 is 10.2 Å². The van der Waals surface area contributed by atoms with E-state index in [0.717, 1.165) is 5.69 Å². The minimum Gasteiger partial charge on any atom is -0.451 e. The number of anilines is 1. The molecule has 2 amide bonds. The van der Waals surface area contributed by atoms with Crippen molar-refractivity contribution in [2.24, 2.45) is 0 Å². The van der Waals surface area contributed by atoms with Gasteiger partial charge in [-0.1, -0.05) is 18.2 Å². The van der Waals surface area contributed by atoms with E-state index in [2.05, 4.69) is 37.8 Å². The molecule has 0 unspecified atom stereocenters. The number of benzene rings is 1. The van der Waals surface area contributed by atoms with Crippen molar-refractivity contribution in [2.45, 2.75) is 0 Å². The standard InChI is InChI=1S/C23H21IN4O3/c24-21-9-8-19(31-21)15-20(26-22(29)17-5-2-1-3-6-17)23(30)28-13-11-27(12-14-28)18-7-4-10-25-16-18/h1-10,15-16H,11-14H2,(H,26,29)/b20-15-. The number of nitrogens with zero attached hydrogens (tertiary/aromatic N) is 3. The highest BCUT2D eigenvalue weighted by Gasteiger charge is 2.25. The summed E-state index contributed by atoms with van der Waals surface area (Å²) >= 11 is 2.06. The van der Waals surface area contributed by atoms with E-state index in [9.17, 15) is 9.59 Å². The summed E-state index contributed by atoms with van der Waals surface area (Å²) in [5, 5.41) is 2.78. The number of rotatable bonds is 5. The van der Waals surface area contributed by atoms with Crippen molar-refractivity contribution in [1.82, 2.24) is 15.2 Å². The quantitative estimate of drug-likeness (QED) is 0.406. The maximum absolute atomic E-state index is 13.3. The number of hydrogen-bond donors (Lipinski definition) is 1. The van der Waals surface area contributed by atoms with Crippen LogP contribution in [0.25, 0.3) is 6.08 Å². The molecule has 7 nitrogen and oxygen atoms in total. The van der Waals surface area contributed by atoms with Gasteiger partial charge in [0.25, 0.3) is 11.8 Å². The van der Waals surface area contributed by atoms with E-state index in [1.54, 1.807) is 53.6 Å². The molecule has 0 atom stereocenters. The van der Waals surface area contributed by atoms with Gasteiger partial charge in [-0.15, -0.1) is 0 Å². The van der Waals surface area contributed by atoms with Gasteiger partial charge in [-0.05, 0) is 59.0 Å². The van der Waals surface area contributed by atoms with Crippen LogP contribution in [0.3, 0.4) is 0 Å². The zero-order valence-electron chi connectivity index (χ0n) is 16.7. The van der Waals surface area contributed by atoms with Gasteiger partial charge >= 0.3 is 0 Å². The van der Waals surface area contributed by atoms with E-state index in [-0.39, 0.29) is 17.5 Å². The Morgan fingerprint density at radius 1 is 1.00 bits per heavy atom. The second-order valence-corrected chi connectivity index (χ2v) is 8.07. The number of hydrogen-bond acceptors (Lipinski definition) is 5. The van der Waals surface area contributed by atoms with Crippen LogP contribution in [0.15, 0.2) is 77.1 Å². The van der Waals surface area contributed by atoms with Gasteiger partial charge < -0.3 is 19.5 Å². The maximum atomic E-state index is 13.3. The van der Waals surface area contributed by atoms with Crippen molar-refractivity contribution in [1.29, 1.82) is 0 Å². The monoisotopic (exact) mass is 528 g/mol.